The molecule has 0 aliphatic carbocycles. The molecule has 0 radical (unpaired) electrons. The summed E-state index contributed by atoms with van der Waals surface area (Å²) in [4.78, 5) is 48.4. The summed E-state index contributed by atoms with van der Waals surface area (Å²) in [7, 11) is 0. The third kappa shape index (κ3) is 29.9. The lowest BCUT2D eigenvalue weighted by atomic mass is 9.99. The van der Waals surface area contributed by atoms with Gasteiger partial charge in [0.25, 0.3) is 0 Å². The Kier molecular flexibility index (Phi) is 29.8. The summed E-state index contributed by atoms with van der Waals surface area (Å²) in [5.74, 6) is 0.313. The van der Waals surface area contributed by atoms with Gasteiger partial charge in [0.1, 0.15) is 23.1 Å². The van der Waals surface area contributed by atoms with Gasteiger partial charge >= 0.3 is 0 Å². The van der Waals surface area contributed by atoms with Crippen molar-refractivity contribution in [2.75, 3.05) is 0 Å². The van der Waals surface area contributed by atoms with E-state index in [1.165, 1.54) is 0 Å². The first-order valence-electron chi connectivity index (χ1n) is 18.9. The minimum Gasteiger partial charge on any atom is -0.393 e. The molecule has 46 heavy (non-hydrogen) atoms. The fourth-order valence-corrected chi connectivity index (χ4v) is 5.88. The second-order valence-corrected chi connectivity index (χ2v) is 13.7. The SMILES string of the molecule is CCCCCC(O)CC(=O)CCCCCC(O)CC(=O)CCCCCCC(=O)CC(O)CCCCCC(=O)CC(O)CCCCC. The molecular formula is C38H70O8. The number of rotatable bonds is 35. The summed E-state index contributed by atoms with van der Waals surface area (Å²) in [5.41, 5.74) is 0. The Balaban J connectivity index is 3.69. The van der Waals surface area contributed by atoms with Crippen LogP contribution in [0.15, 0.2) is 0 Å². The fraction of sp³-hybridized carbons (Fsp3) is 0.895. The zero-order chi connectivity index (χ0) is 34.4. The topological polar surface area (TPSA) is 149 Å². The molecule has 0 fully saturated rings. The fourth-order valence-electron chi connectivity index (χ4n) is 5.88. The average Bonchev–Trinajstić information content (AvgIpc) is 2.98. The van der Waals surface area contributed by atoms with Gasteiger partial charge in [-0.3, -0.25) is 19.2 Å². The Labute approximate surface area is 280 Å². The van der Waals surface area contributed by atoms with Gasteiger partial charge in [-0.1, -0.05) is 90.9 Å². The van der Waals surface area contributed by atoms with Gasteiger partial charge in [-0.15, -0.1) is 0 Å². The van der Waals surface area contributed by atoms with Gasteiger partial charge in [-0.05, 0) is 51.4 Å². The molecule has 0 aliphatic heterocycles. The molecule has 4 unspecified atom stereocenters. The summed E-state index contributed by atoms with van der Waals surface area (Å²) >= 11 is 0. The number of carbonyl (C=O) groups excluding carboxylic acids is 4. The first-order valence-corrected chi connectivity index (χ1v) is 18.9. The van der Waals surface area contributed by atoms with E-state index in [4.69, 9.17) is 0 Å². The van der Waals surface area contributed by atoms with E-state index >= 15 is 0 Å². The second-order valence-electron chi connectivity index (χ2n) is 13.7. The highest BCUT2D eigenvalue weighted by Crippen LogP contribution is 2.16. The Morgan fingerprint density at radius 2 is 0.565 bits per heavy atom. The van der Waals surface area contributed by atoms with E-state index in [9.17, 15) is 39.6 Å². The lowest BCUT2D eigenvalue weighted by Gasteiger charge is -2.11. The van der Waals surface area contributed by atoms with Crippen LogP contribution in [-0.2, 0) is 19.2 Å². The predicted molar refractivity (Wildman–Crippen MR) is 185 cm³/mol. The summed E-state index contributed by atoms with van der Waals surface area (Å²) in [6, 6.07) is 0. The van der Waals surface area contributed by atoms with Crippen molar-refractivity contribution < 1.29 is 39.6 Å². The molecule has 8 nitrogen and oxygen atoms in total. The van der Waals surface area contributed by atoms with Crippen LogP contribution in [0.5, 0.6) is 0 Å². The van der Waals surface area contributed by atoms with Crippen molar-refractivity contribution in [3.63, 3.8) is 0 Å². The van der Waals surface area contributed by atoms with Crippen molar-refractivity contribution in [1.82, 2.24) is 0 Å². The number of Topliss-reactive ketones (excluding diaryl/α,β-unsaturated/α-hetero) is 4. The molecule has 0 rings (SSSR count). The Bertz CT molecular complexity index is 719. The monoisotopic (exact) mass is 655 g/mol. The summed E-state index contributed by atoms with van der Waals surface area (Å²) < 4.78 is 0. The minimum absolute atomic E-state index is 0.0586. The van der Waals surface area contributed by atoms with E-state index in [0.717, 1.165) is 103 Å². The smallest absolute Gasteiger partial charge is 0.135 e. The highest BCUT2D eigenvalue weighted by atomic mass is 16.3. The van der Waals surface area contributed by atoms with E-state index in [-0.39, 0.29) is 48.8 Å². The highest BCUT2D eigenvalue weighted by Gasteiger charge is 2.14. The minimum atomic E-state index is -0.644. The van der Waals surface area contributed by atoms with Crippen LogP contribution >= 0.6 is 0 Å². The molecule has 0 aromatic carbocycles. The van der Waals surface area contributed by atoms with Crippen LogP contribution in [0.3, 0.4) is 0 Å². The maximum absolute atomic E-state index is 12.2. The maximum atomic E-state index is 12.2. The number of carbonyl (C=O) groups is 4. The Hall–Kier alpha value is -1.48. The van der Waals surface area contributed by atoms with Gasteiger partial charge in [0.15, 0.2) is 0 Å². The van der Waals surface area contributed by atoms with E-state index in [0.29, 0.717) is 51.4 Å². The van der Waals surface area contributed by atoms with Gasteiger partial charge in [0, 0.05) is 51.4 Å². The lowest BCUT2D eigenvalue weighted by molar-refractivity contribution is -0.122. The average molecular weight is 655 g/mol. The number of aliphatic hydroxyl groups excluding tert-OH is 4. The van der Waals surface area contributed by atoms with Crippen molar-refractivity contribution in [2.24, 2.45) is 0 Å². The molecule has 0 saturated carbocycles. The molecule has 0 amide bonds. The molecule has 8 heteroatoms. The number of ketones is 4. The normalized spacial score (nSPS) is 14.1. The van der Waals surface area contributed by atoms with Gasteiger partial charge < -0.3 is 20.4 Å². The molecule has 4 N–H and O–H groups in total. The molecule has 4 atom stereocenters. The van der Waals surface area contributed by atoms with Gasteiger partial charge in [-0.2, -0.15) is 0 Å². The molecule has 0 saturated heterocycles. The molecule has 0 spiro atoms. The van der Waals surface area contributed by atoms with Crippen LogP contribution in [0.1, 0.15) is 194 Å². The van der Waals surface area contributed by atoms with Crippen molar-refractivity contribution >= 4 is 23.1 Å². The standard InChI is InChI=1S/C38H70O8/c1-3-5-11-19-31(39)27-35(43)23-15-9-17-25-37(45)29-33(41)21-13-7-8-14-22-34(42)30-38(46)26-18-10-16-24-36(44)28-32(40)20-12-6-4-2/h31-32,37-40,45-46H,3-30H2,1-2H3. The molecular weight excluding hydrogens is 584 g/mol. The first kappa shape index (κ1) is 44.5. The van der Waals surface area contributed by atoms with E-state index in [2.05, 4.69) is 13.8 Å². The molecule has 0 heterocycles. The summed E-state index contributed by atoms with van der Waals surface area (Å²) in [5, 5.41) is 40.2. The van der Waals surface area contributed by atoms with Gasteiger partial charge in [0.05, 0.1) is 24.4 Å². The number of hydrogen-bond acceptors (Lipinski definition) is 8. The van der Waals surface area contributed by atoms with Crippen LogP contribution in [0, 0.1) is 0 Å². The maximum Gasteiger partial charge on any atom is 0.135 e. The molecule has 0 bridgehead atoms. The van der Waals surface area contributed by atoms with Crippen LogP contribution in [0.4, 0.5) is 0 Å². The quantitative estimate of drug-likeness (QED) is 0.0509. The number of aliphatic hydroxyl groups is 4. The highest BCUT2D eigenvalue weighted by molar-refractivity contribution is 5.80. The van der Waals surface area contributed by atoms with Crippen molar-refractivity contribution in [2.45, 2.75) is 218 Å². The predicted octanol–water partition coefficient (Wildman–Crippen LogP) is 7.67. The number of hydrogen-bond donors (Lipinski definition) is 4. The largest absolute Gasteiger partial charge is 0.393 e. The first-order chi connectivity index (χ1) is 22.1. The Morgan fingerprint density at radius 3 is 0.804 bits per heavy atom. The summed E-state index contributed by atoms with van der Waals surface area (Å²) in [6.07, 6.45) is 16.9. The molecule has 0 aromatic rings. The van der Waals surface area contributed by atoms with Crippen molar-refractivity contribution in [3.05, 3.63) is 0 Å². The lowest BCUT2D eigenvalue weighted by Crippen LogP contribution is -2.14. The number of unbranched alkanes of at least 4 members (excludes halogenated alkanes) is 11. The third-order valence-electron chi connectivity index (χ3n) is 8.78. The van der Waals surface area contributed by atoms with Crippen molar-refractivity contribution in [3.8, 4) is 0 Å². The van der Waals surface area contributed by atoms with E-state index < -0.39 is 24.4 Å². The van der Waals surface area contributed by atoms with Gasteiger partial charge in [-0.25, -0.2) is 0 Å². The Morgan fingerprint density at radius 1 is 0.348 bits per heavy atom. The molecule has 0 aromatic heterocycles. The van der Waals surface area contributed by atoms with Crippen LogP contribution in [0.2, 0.25) is 0 Å². The molecule has 0 aliphatic rings. The van der Waals surface area contributed by atoms with Crippen LogP contribution in [0.25, 0.3) is 0 Å². The zero-order valence-corrected chi connectivity index (χ0v) is 29.5. The molecule has 270 valence electrons. The van der Waals surface area contributed by atoms with E-state index in [1.54, 1.807) is 0 Å². The van der Waals surface area contributed by atoms with Crippen LogP contribution < -0.4 is 0 Å². The second kappa shape index (κ2) is 30.8. The van der Waals surface area contributed by atoms with Crippen molar-refractivity contribution in [1.29, 1.82) is 0 Å². The van der Waals surface area contributed by atoms with E-state index in [1.807, 2.05) is 0 Å². The zero-order valence-electron chi connectivity index (χ0n) is 29.5. The van der Waals surface area contributed by atoms with Gasteiger partial charge in [0.2, 0.25) is 0 Å². The third-order valence-corrected chi connectivity index (χ3v) is 8.78. The van der Waals surface area contributed by atoms with Crippen LogP contribution in [-0.4, -0.2) is 68.0 Å². The summed E-state index contributed by atoms with van der Waals surface area (Å²) in [6.45, 7) is 4.22.